The van der Waals surface area contributed by atoms with Gasteiger partial charge in [-0.15, -0.1) is 11.3 Å². The maximum Gasteiger partial charge on any atom is 0.276 e. The predicted octanol–water partition coefficient (Wildman–Crippen LogP) is 2.92. The van der Waals surface area contributed by atoms with Gasteiger partial charge in [0.25, 0.3) is 10.0 Å². The molecule has 1 heterocycles. The van der Waals surface area contributed by atoms with Gasteiger partial charge in [-0.05, 0) is 31.2 Å². The fraction of sp³-hybridized carbons (Fsp3) is 0.0667. The van der Waals surface area contributed by atoms with Gasteiger partial charge in [-0.3, -0.25) is 0 Å². The van der Waals surface area contributed by atoms with Crippen LogP contribution in [0, 0.1) is 6.92 Å². The van der Waals surface area contributed by atoms with Gasteiger partial charge >= 0.3 is 0 Å². The number of fused-ring (bicyclic) bond motifs is 1. The molecule has 22 heavy (non-hydrogen) atoms. The van der Waals surface area contributed by atoms with Crippen molar-refractivity contribution in [3.8, 4) is 0 Å². The Hall–Kier alpha value is -2.25. The average molecular weight is 331 g/mol. The number of hydrogen-bond acceptors (Lipinski definition) is 5. The molecule has 0 unspecified atom stereocenters. The van der Waals surface area contributed by atoms with Crippen LogP contribution in [0.2, 0.25) is 0 Å². The van der Waals surface area contributed by atoms with Crippen LogP contribution in [-0.4, -0.2) is 19.6 Å². The number of nitrogens with zero attached hydrogens (tertiary/aromatic N) is 2. The van der Waals surface area contributed by atoms with E-state index in [4.69, 9.17) is 0 Å². The lowest BCUT2D eigenvalue weighted by molar-refractivity contribution is 0.584. The van der Waals surface area contributed by atoms with Crippen molar-refractivity contribution in [2.75, 3.05) is 0 Å². The molecule has 7 heteroatoms. The van der Waals surface area contributed by atoms with Gasteiger partial charge in [0.05, 0.1) is 21.3 Å². The molecule has 0 atom stereocenters. The lowest BCUT2D eigenvalue weighted by Gasteiger charge is -2.02. The summed E-state index contributed by atoms with van der Waals surface area (Å²) >= 11 is 1.45. The Labute approximate surface area is 132 Å². The average Bonchev–Trinajstić information content (AvgIpc) is 2.90. The summed E-state index contributed by atoms with van der Waals surface area (Å²) in [5.74, 6) is 0. The molecule has 5 nitrogen and oxygen atoms in total. The maximum atomic E-state index is 12.1. The SMILES string of the molecule is Cc1ccc(S(=O)(=O)NN=Cc2nc3ccccc3s2)cc1. The van der Waals surface area contributed by atoms with Gasteiger partial charge in [0.1, 0.15) is 5.01 Å². The topological polar surface area (TPSA) is 71.4 Å². The molecule has 3 rings (SSSR count). The lowest BCUT2D eigenvalue weighted by Crippen LogP contribution is -2.18. The Morgan fingerprint density at radius 3 is 2.59 bits per heavy atom. The standard InChI is InChI=1S/C15H13N3O2S2/c1-11-6-8-12(9-7-11)22(19,20)18-16-10-15-17-13-4-2-3-5-14(13)21-15/h2-10,18H,1H3. The molecule has 0 spiro atoms. The predicted molar refractivity (Wildman–Crippen MR) is 88.7 cm³/mol. The molecule has 0 aliphatic carbocycles. The van der Waals surface area contributed by atoms with Crippen molar-refractivity contribution in [1.82, 2.24) is 9.82 Å². The van der Waals surface area contributed by atoms with Gasteiger partial charge in [-0.25, -0.2) is 4.98 Å². The third-order valence-electron chi connectivity index (χ3n) is 2.99. The highest BCUT2D eigenvalue weighted by molar-refractivity contribution is 7.89. The molecule has 0 radical (unpaired) electrons. The van der Waals surface area contributed by atoms with Crippen LogP contribution in [0.25, 0.3) is 10.2 Å². The molecule has 0 aliphatic heterocycles. The van der Waals surface area contributed by atoms with Gasteiger partial charge in [-0.2, -0.15) is 18.4 Å². The molecule has 1 N–H and O–H groups in total. The van der Waals surface area contributed by atoms with Gasteiger partial charge in [0, 0.05) is 0 Å². The quantitative estimate of drug-likeness (QED) is 0.590. The van der Waals surface area contributed by atoms with Crippen molar-refractivity contribution in [2.24, 2.45) is 5.10 Å². The number of hydrazone groups is 1. The molecule has 3 aromatic rings. The van der Waals surface area contributed by atoms with Crippen LogP contribution in [0.3, 0.4) is 0 Å². The van der Waals surface area contributed by atoms with Crippen LogP contribution in [-0.2, 0) is 10.0 Å². The van der Waals surface area contributed by atoms with Crippen LogP contribution in [0.1, 0.15) is 10.6 Å². The molecule has 0 saturated heterocycles. The number of sulfonamides is 1. The van der Waals surface area contributed by atoms with Crippen LogP contribution in [0.15, 0.2) is 58.5 Å². The van der Waals surface area contributed by atoms with Crippen molar-refractivity contribution >= 4 is 37.8 Å². The zero-order chi connectivity index (χ0) is 15.6. The summed E-state index contributed by atoms with van der Waals surface area (Å²) < 4.78 is 25.2. The van der Waals surface area contributed by atoms with E-state index < -0.39 is 10.0 Å². The first-order valence-electron chi connectivity index (χ1n) is 6.52. The molecule has 0 aliphatic rings. The van der Waals surface area contributed by atoms with Crippen molar-refractivity contribution in [3.63, 3.8) is 0 Å². The minimum atomic E-state index is -3.65. The van der Waals surface area contributed by atoms with E-state index in [1.165, 1.54) is 17.6 Å². The zero-order valence-corrected chi connectivity index (χ0v) is 13.4. The largest absolute Gasteiger partial charge is 0.276 e. The van der Waals surface area contributed by atoms with E-state index in [1.807, 2.05) is 31.2 Å². The number of para-hydroxylation sites is 1. The zero-order valence-electron chi connectivity index (χ0n) is 11.7. The van der Waals surface area contributed by atoms with Crippen LogP contribution in [0.5, 0.6) is 0 Å². The van der Waals surface area contributed by atoms with E-state index in [-0.39, 0.29) is 4.90 Å². The monoisotopic (exact) mass is 331 g/mol. The fourth-order valence-corrected chi connectivity index (χ4v) is 3.50. The molecule has 112 valence electrons. The van der Waals surface area contributed by atoms with E-state index >= 15 is 0 Å². The Balaban J connectivity index is 1.77. The highest BCUT2D eigenvalue weighted by atomic mass is 32.2. The lowest BCUT2D eigenvalue weighted by atomic mass is 10.2. The van der Waals surface area contributed by atoms with Gasteiger partial charge in [-0.1, -0.05) is 29.8 Å². The van der Waals surface area contributed by atoms with Crippen LogP contribution >= 0.6 is 11.3 Å². The molecule has 0 amide bonds. The first-order chi connectivity index (χ1) is 10.5. The molecule has 0 fully saturated rings. The Kier molecular flexibility index (Phi) is 3.91. The minimum absolute atomic E-state index is 0.180. The highest BCUT2D eigenvalue weighted by Gasteiger charge is 2.11. The molecular formula is C15H13N3O2S2. The van der Waals surface area contributed by atoms with E-state index in [1.54, 1.807) is 24.3 Å². The first-order valence-corrected chi connectivity index (χ1v) is 8.82. The number of aromatic nitrogens is 1. The van der Waals surface area contributed by atoms with Gasteiger partial charge in [0.15, 0.2) is 0 Å². The normalized spacial score (nSPS) is 12.0. The fourth-order valence-electron chi connectivity index (χ4n) is 1.87. The van der Waals surface area contributed by atoms with Gasteiger partial charge in [0.2, 0.25) is 0 Å². The summed E-state index contributed by atoms with van der Waals surface area (Å²) in [6.45, 7) is 1.90. The Bertz CT molecular complexity index is 896. The summed E-state index contributed by atoms with van der Waals surface area (Å²) in [6, 6.07) is 14.3. The van der Waals surface area contributed by atoms with E-state index in [2.05, 4.69) is 14.9 Å². The van der Waals surface area contributed by atoms with Crippen molar-refractivity contribution < 1.29 is 8.42 Å². The first kappa shape index (κ1) is 14.7. The second kappa shape index (κ2) is 5.86. The van der Waals surface area contributed by atoms with E-state index in [9.17, 15) is 8.42 Å². The third kappa shape index (κ3) is 3.15. The second-order valence-corrected chi connectivity index (χ2v) is 7.41. The maximum absolute atomic E-state index is 12.1. The Morgan fingerprint density at radius 1 is 1.14 bits per heavy atom. The Morgan fingerprint density at radius 2 is 1.86 bits per heavy atom. The second-order valence-electron chi connectivity index (χ2n) is 4.69. The summed E-state index contributed by atoms with van der Waals surface area (Å²) in [6.07, 6.45) is 1.41. The molecule has 2 aromatic carbocycles. The van der Waals surface area contributed by atoms with E-state index in [0.29, 0.717) is 5.01 Å². The third-order valence-corrected chi connectivity index (χ3v) is 5.20. The van der Waals surface area contributed by atoms with Crippen molar-refractivity contribution in [3.05, 3.63) is 59.1 Å². The number of rotatable bonds is 4. The van der Waals surface area contributed by atoms with Crippen molar-refractivity contribution in [1.29, 1.82) is 0 Å². The molecule has 1 aromatic heterocycles. The summed E-state index contributed by atoms with van der Waals surface area (Å²) in [5, 5.41) is 4.44. The minimum Gasteiger partial charge on any atom is -0.235 e. The highest BCUT2D eigenvalue weighted by Crippen LogP contribution is 2.20. The summed E-state index contributed by atoms with van der Waals surface area (Å²) in [5.41, 5.74) is 1.87. The number of benzene rings is 2. The molecule has 0 saturated carbocycles. The van der Waals surface area contributed by atoms with Gasteiger partial charge < -0.3 is 0 Å². The number of hydrogen-bond donors (Lipinski definition) is 1. The van der Waals surface area contributed by atoms with Crippen molar-refractivity contribution in [2.45, 2.75) is 11.8 Å². The smallest absolute Gasteiger partial charge is 0.235 e. The number of thiazole rings is 1. The van der Waals surface area contributed by atoms with E-state index in [0.717, 1.165) is 15.8 Å². The van der Waals surface area contributed by atoms with Crippen LogP contribution < -0.4 is 4.83 Å². The number of aryl methyl sites for hydroxylation is 1. The number of nitrogens with one attached hydrogen (secondary N) is 1. The summed E-state index contributed by atoms with van der Waals surface area (Å²) in [7, 11) is -3.65. The molecule has 0 bridgehead atoms. The van der Waals surface area contributed by atoms with Crippen LogP contribution in [0.4, 0.5) is 0 Å². The summed E-state index contributed by atoms with van der Waals surface area (Å²) in [4.78, 5) is 6.73. The molecular weight excluding hydrogens is 318 g/mol.